The molecule has 30 heavy (non-hydrogen) atoms. The molecule has 2 amide bonds. The Balaban J connectivity index is 1.68. The topological polar surface area (TPSA) is 61.9 Å². The van der Waals surface area contributed by atoms with Crippen LogP contribution in [0.2, 0.25) is 5.02 Å². The molecule has 0 aliphatic carbocycles. The van der Waals surface area contributed by atoms with Gasteiger partial charge in [-0.25, -0.2) is 0 Å². The van der Waals surface area contributed by atoms with E-state index >= 15 is 0 Å². The third-order valence-electron chi connectivity index (χ3n) is 5.18. The van der Waals surface area contributed by atoms with Crippen LogP contribution in [0.5, 0.6) is 0 Å². The van der Waals surface area contributed by atoms with Gasteiger partial charge in [0, 0.05) is 42.6 Å². The van der Waals surface area contributed by atoms with E-state index in [1.165, 1.54) is 0 Å². The van der Waals surface area contributed by atoms with Crippen LogP contribution >= 0.6 is 11.6 Å². The molecule has 1 aliphatic rings. The second kappa shape index (κ2) is 9.96. The number of morpholine rings is 1. The number of rotatable bonds is 6. The summed E-state index contributed by atoms with van der Waals surface area (Å²) in [7, 11) is 0. The molecule has 0 aromatic heterocycles. The van der Waals surface area contributed by atoms with Crippen molar-refractivity contribution >= 4 is 34.8 Å². The number of amides is 2. The predicted molar refractivity (Wildman–Crippen MR) is 121 cm³/mol. The molecule has 0 radical (unpaired) electrons. The molecule has 160 valence electrons. The van der Waals surface area contributed by atoms with Gasteiger partial charge in [0.25, 0.3) is 11.8 Å². The first kappa shape index (κ1) is 22.1. The number of anilines is 2. The number of carbonyl (C=O) groups is 2. The van der Waals surface area contributed by atoms with Gasteiger partial charge in [0.15, 0.2) is 0 Å². The van der Waals surface area contributed by atoms with Crippen molar-refractivity contribution in [3.63, 3.8) is 0 Å². The lowest BCUT2D eigenvalue weighted by molar-refractivity contribution is 0.0303. The monoisotopic (exact) mass is 429 g/mol. The van der Waals surface area contributed by atoms with Gasteiger partial charge in [-0.1, -0.05) is 11.6 Å². The summed E-state index contributed by atoms with van der Waals surface area (Å²) < 4.78 is 5.28. The molecule has 6 nitrogen and oxygen atoms in total. The summed E-state index contributed by atoms with van der Waals surface area (Å²) in [4.78, 5) is 29.2. The van der Waals surface area contributed by atoms with E-state index in [9.17, 15) is 9.59 Å². The standard InChI is InChI=1S/C23H28ClN3O3/c1-4-27(16(2)3)19-8-5-17(6-9-19)22(28)25-18-7-10-20(21(24)15-18)23(29)26-11-13-30-14-12-26/h5-10,15-16H,4,11-14H2,1-3H3,(H,25,28). The highest BCUT2D eigenvalue weighted by Crippen LogP contribution is 2.24. The van der Waals surface area contributed by atoms with E-state index in [1.54, 1.807) is 23.1 Å². The lowest BCUT2D eigenvalue weighted by Crippen LogP contribution is -2.40. The van der Waals surface area contributed by atoms with Crippen molar-refractivity contribution in [1.82, 2.24) is 4.90 Å². The van der Waals surface area contributed by atoms with Gasteiger partial charge in [-0.05, 0) is 63.2 Å². The Kier molecular flexibility index (Phi) is 7.34. The quantitative estimate of drug-likeness (QED) is 0.743. The minimum atomic E-state index is -0.225. The molecular formula is C23H28ClN3O3. The smallest absolute Gasteiger partial charge is 0.255 e. The second-order valence-corrected chi connectivity index (χ2v) is 7.89. The molecule has 0 unspecified atom stereocenters. The molecule has 0 saturated carbocycles. The molecule has 7 heteroatoms. The van der Waals surface area contributed by atoms with Gasteiger partial charge in [0.2, 0.25) is 0 Å². The average molecular weight is 430 g/mol. The fourth-order valence-corrected chi connectivity index (χ4v) is 3.82. The van der Waals surface area contributed by atoms with Gasteiger partial charge < -0.3 is 19.9 Å². The largest absolute Gasteiger partial charge is 0.378 e. The predicted octanol–water partition coefficient (Wildman–Crippen LogP) is 4.30. The zero-order valence-corrected chi connectivity index (χ0v) is 18.4. The molecule has 2 aromatic carbocycles. The molecule has 0 atom stereocenters. The fraction of sp³-hybridized carbons (Fsp3) is 0.391. The minimum Gasteiger partial charge on any atom is -0.378 e. The summed E-state index contributed by atoms with van der Waals surface area (Å²) in [6.45, 7) is 9.45. The van der Waals surface area contributed by atoms with Gasteiger partial charge in [-0.15, -0.1) is 0 Å². The number of hydrogen-bond donors (Lipinski definition) is 1. The van der Waals surface area contributed by atoms with Crippen LogP contribution in [0.25, 0.3) is 0 Å². The summed E-state index contributed by atoms with van der Waals surface area (Å²) in [6, 6.07) is 12.9. The Morgan fingerprint density at radius 1 is 1.13 bits per heavy atom. The van der Waals surface area contributed by atoms with Gasteiger partial charge in [0.1, 0.15) is 0 Å². The highest BCUT2D eigenvalue weighted by Gasteiger charge is 2.21. The number of benzene rings is 2. The molecule has 2 aromatic rings. The van der Waals surface area contributed by atoms with Gasteiger partial charge in [-0.3, -0.25) is 9.59 Å². The Hall–Kier alpha value is -2.57. The van der Waals surface area contributed by atoms with E-state index in [0.717, 1.165) is 12.2 Å². The molecule has 1 heterocycles. The molecule has 3 rings (SSSR count). The Morgan fingerprint density at radius 3 is 2.37 bits per heavy atom. The van der Waals surface area contributed by atoms with Crippen LogP contribution in [0, 0.1) is 0 Å². The van der Waals surface area contributed by atoms with Crippen molar-refractivity contribution in [1.29, 1.82) is 0 Å². The van der Waals surface area contributed by atoms with E-state index in [0.29, 0.717) is 54.2 Å². The first-order chi connectivity index (χ1) is 14.4. The number of carbonyl (C=O) groups excluding carboxylic acids is 2. The third kappa shape index (κ3) is 5.12. The van der Waals surface area contributed by atoms with Crippen molar-refractivity contribution < 1.29 is 14.3 Å². The van der Waals surface area contributed by atoms with Gasteiger partial charge in [-0.2, -0.15) is 0 Å². The van der Waals surface area contributed by atoms with Gasteiger partial charge >= 0.3 is 0 Å². The molecule has 1 aliphatic heterocycles. The highest BCUT2D eigenvalue weighted by atomic mass is 35.5. The van der Waals surface area contributed by atoms with Crippen molar-refractivity contribution in [3.8, 4) is 0 Å². The maximum Gasteiger partial charge on any atom is 0.255 e. The van der Waals surface area contributed by atoms with Crippen LogP contribution < -0.4 is 10.2 Å². The number of halogens is 1. The van der Waals surface area contributed by atoms with Crippen molar-refractivity contribution in [2.24, 2.45) is 0 Å². The number of nitrogens with zero attached hydrogens (tertiary/aromatic N) is 2. The Morgan fingerprint density at radius 2 is 1.80 bits per heavy atom. The first-order valence-corrected chi connectivity index (χ1v) is 10.6. The zero-order chi connectivity index (χ0) is 21.7. The van der Waals surface area contributed by atoms with E-state index < -0.39 is 0 Å². The number of nitrogens with one attached hydrogen (secondary N) is 1. The summed E-state index contributed by atoms with van der Waals surface area (Å²) in [6.07, 6.45) is 0. The van der Waals surface area contributed by atoms with Crippen LogP contribution in [0.4, 0.5) is 11.4 Å². The van der Waals surface area contributed by atoms with Crippen LogP contribution in [-0.4, -0.2) is 55.6 Å². The Bertz CT molecular complexity index is 893. The van der Waals surface area contributed by atoms with E-state index in [4.69, 9.17) is 16.3 Å². The van der Waals surface area contributed by atoms with Crippen molar-refractivity contribution in [2.75, 3.05) is 43.1 Å². The summed E-state index contributed by atoms with van der Waals surface area (Å²) in [5, 5.41) is 3.16. The van der Waals surface area contributed by atoms with Crippen LogP contribution in [0.15, 0.2) is 42.5 Å². The van der Waals surface area contributed by atoms with Crippen molar-refractivity contribution in [2.45, 2.75) is 26.8 Å². The highest BCUT2D eigenvalue weighted by molar-refractivity contribution is 6.34. The van der Waals surface area contributed by atoms with E-state index in [-0.39, 0.29) is 11.8 Å². The molecule has 1 N–H and O–H groups in total. The second-order valence-electron chi connectivity index (χ2n) is 7.48. The number of ether oxygens (including phenoxy) is 1. The minimum absolute atomic E-state index is 0.123. The molecule has 0 bridgehead atoms. The first-order valence-electron chi connectivity index (χ1n) is 10.2. The maximum atomic E-state index is 12.6. The number of hydrogen-bond acceptors (Lipinski definition) is 4. The van der Waals surface area contributed by atoms with Gasteiger partial charge in [0.05, 0.1) is 23.8 Å². The fourth-order valence-electron chi connectivity index (χ4n) is 3.56. The summed E-state index contributed by atoms with van der Waals surface area (Å²) in [5.74, 6) is -0.347. The van der Waals surface area contributed by atoms with Crippen LogP contribution in [-0.2, 0) is 4.74 Å². The van der Waals surface area contributed by atoms with E-state index in [1.807, 2.05) is 24.3 Å². The normalized spacial score (nSPS) is 14.0. The average Bonchev–Trinajstić information content (AvgIpc) is 2.75. The van der Waals surface area contributed by atoms with Crippen LogP contribution in [0.1, 0.15) is 41.5 Å². The zero-order valence-electron chi connectivity index (χ0n) is 17.7. The SMILES string of the molecule is CCN(c1ccc(C(=O)Nc2ccc(C(=O)N3CCOCC3)c(Cl)c2)cc1)C(C)C. The molecule has 0 spiro atoms. The maximum absolute atomic E-state index is 12.6. The summed E-state index contributed by atoms with van der Waals surface area (Å²) >= 11 is 6.34. The third-order valence-corrected chi connectivity index (χ3v) is 5.49. The van der Waals surface area contributed by atoms with E-state index in [2.05, 4.69) is 31.0 Å². The summed E-state index contributed by atoms with van der Waals surface area (Å²) in [5.41, 5.74) is 2.61. The molecule has 1 saturated heterocycles. The lowest BCUT2D eigenvalue weighted by Gasteiger charge is -2.27. The van der Waals surface area contributed by atoms with Crippen molar-refractivity contribution in [3.05, 3.63) is 58.6 Å². The molecular weight excluding hydrogens is 402 g/mol. The molecule has 1 fully saturated rings. The van der Waals surface area contributed by atoms with Crippen LogP contribution in [0.3, 0.4) is 0 Å². The lowest BCUT2D eigenvalue weighted by atomic mass is 10.1. The Labute approximate surface area is 182 Å².